The Morgan fingerprint density at radius 1 is 1.00 bits per heavy atom. The van der Waals surface area contributed by atoms with E-state index in [1.54, 1.807) is 0 Å². The molecule has 172 valence electrons. The molecule has 2 N–H and O–H groups in total. The summed E-state index contributed by atoms with van der Waals surface area (Å²) in [6.45, 7) is 0.801. The summed E-state index contributed by atoms with van der Waals surface area (Å²) in [5, 5.41) is 12.7. The monoisotopic (exact) mass is 440 g/mol. The summed E-state index contributed by atoms with van der Waals surface area (Å²) in [5.74, 6) is 0.0643. The molecule has 2 fully saturated rings. The number of phenols is 1. The molecule has 0 aromatic heterocycles. The second-order valence-electron chi connectivity index (χ2n) is 8.05. The maximum absolute atomic E-state index is 13.1. The van der Waals surface area contributed by atoms with Crippen LogP contribution < -0.4 is 5.32 Å². The van der Waals surface area contributed by atoms with Crippen LogP contribution in [-0.2, 0) is 14.8 Å². The van der Waals surface area contributed by atoms with Crippen LogP contribution in [-0.4, -0.2) is 42.9 Å². The van der Waals surface area contributed by atoms with Gasteiger partial charge in [-0.15, -0.1) is 0 Å². The predicted molar refractivity (Wildman–Crippen MR) is 122 cm³/mol. The number of hydrogen-bond donors (Lipinski definition) is 2. The molecule has 1 saturated heterocycles. The molecule has 0 radical (unpaired) electrons. The molecule has 7 heteroatoms. The number of benzene rings is 1. The number of hydrogen-bond acceptors (Lipinski definition) is 4. The first-order chi connectivity index (χ1) is 13.5. The van der Waals surface area contributed by atoms with Gasteiger partial charge in [0.25, 0.3) is 0 Å². The summed E-state index contributed by atoms with van der Waals surface area (Å²) in [4.78, 5) is 12.8. The maximum atomic E-state index is 13.1. The molecule has 1 heterocycles. The van der Waals surface area contributed by atoms with Crippen molar-refractivity contribution in [2.75, 3.05) is 13.1 Å². The number of nitrogens with one attached hydrogen (secondary N) is 1. The SMILES string of the molecule is C.C.O=C(NCC1CCCCN1S(=O)(=O)c1cccc(O)c1)C1CCCCCCC1. The second kappa shape index (κ2) is 12.3. The smallest absolute Gasteiger partial charge is 0.243 e. The Morgan fingerprint density at radius 3 is 2.30 bits per heavy atom. The quantitative estimate of drug-likeness (QED) is 0.696. The maximum Gasteiger partial charge on any atom is 0.243 e. The van der Waals surface area contributed by atoms with Gasteiger partial charge in [-0.2, -0.15) is 4.31 Å². The Balaban J connectivity index is 0.00000225. The van der Waals surface area contributed by atoms with E-state index in [1.165, 1.54) is 47.8 Å². The summed E-state index contributed by atoms with van der Waals surface area (Å²) in [7, 11) is -3.70. The molecule has 3 rings (SSSR count). The summed E-state index contributed by atoms with van der Waals surface area (Å²) in [6.07, 6.45) is 10.2. The van der Waals surface area contributed by atoms with Crippen LogP contribution in [0.4, 0.5) is 0 Å². The van der Waals surface area contributed by atoms with Crippen LogP contribution in [0.3, 0.4) is 0 Å². The second-order valence-corrected chi connectivity index (χ2v) is 9.94. The Labute approximate surface area is 183 Å². The van der Waals surface area contributed by atoms with E-state index >= 15 is 0 Å². The number of amides is 1. The molecule has 0 bridgehead atoms. The number of phenolic OH excluding ortho intramolecular Hbond substituents is 1. The van der Waals surface area contributed by atoms with Gasteiger partial charge in [0.15, 0.2) is 0 Å². The van der Waals surface area contributed by atoms with Gasteiger partial charge in [0.05, 0.1) is 4.90 Å². The van der Waals surface area contributed by atoms with Crippen LogP contribution in [0.1, 0.15) is 79.1 Å². The van der Waals surface area contributed by atoms with Gasteiger partial charge in [-0.05, 0) is 43.9 Å². The average Bonchev–Trinajstić information content (AvgIpc) is 2.66. The van der Waals surface area contributed by atoms with Crippen molar-refractivity contribution in [1.29, 1.82) is 0 Å². The van der Waals surface area contributed by atoms with Gasteiger partial charge in [-0.25, -0.2) is 8.42 Å². The highest BCUT2D eigenvalue weighted by atomic mass is 32.2. The number of carbonyl (C=O) groups is 1. The van der Waals surface area contributed by atoms with Gasteiger partial charge in [-0.1, -0.05) is 59.4 Å². The van der Waals surface area contributed by atoms with E-state index in [-0.39, 0.29) is 43.4 Å². The van der Waals surface area contributed by atoms with Gasteiger partial charge in [0.2, 0.25) is 15.9 Å². The van der Waals surface area contributed by atoms with Crippen LogP contribution in [0.25, 0.3) is 0 Å². The minimum atomic E-state index is -3.70. The standard InChI is InChI=1S/C21H32N2O4S.2CH4/c24-19-12-8-13-20(15-19)28(26,27)23-14-7-6-11-18(23)16-22-21(25)17-9-4-2-1-3-5-10-17;;/h8,12-13,15,17-18,24H,1-7,9-11,14,16H2,(H,22,25);2*1H4. The van der Waals surface area contributed by atoms with Crippen molar-refractivity contribution in [3.8, 4) is 5.75 Å². The molecule has 1 atom stereocenters. The highest BCUT2D eigenvalue weighted by Crippen LogP contribution is 2.27. The fourth-order valence-corrected chi connectivity index (χ4v) is 6.09. The van der Waals surface area contributed by atoms with Gasteiger partial charge < -0.3 is 10.4 Å². The zero-order valence-electron chi connectivity index (χ0n) is 16.5. The third-order valence-electron chi connectivity index (χ3n) is 5.99. The van der Waals surface area contributed by atoms with Crippen LogP contribution in [0.2, 0.25) is 0 Å². The molecule has 1 aliphatic heterocycles. The van der Waals surface area contributed by atoms with E-state index in [2.05, 4.69) is 5.32 Å². The summed E-state index contributed by atoms with van der Waals surface area (Å²) in [5.41, 5.74) is 0. The van der Waals surface area contributed by atoms with Crippen LogP contribution in [0, 0.1) is 5.92 Å². The molecule has 1 saturated carbocycles. The first kappa shape index (κ1) is 26.4. The van der Waals surface area contributed by atoms with E-state index in [4.69, 9.17) is 0 Å². The number of rotatable bonds is 5. The number of piperidine rings is 1. The number of nitrogens with zero attached hydrogens (tertiary/aromatic N) is 1. The minimum absolute atomic E-state index is 0. The molecular formula is C23H40N2O4S. The number of carbonyl (C=O) groups excluding carboxylic acids is 1. The lowest BCUT2D eigenvalue weighted by Gasteiger charge is -2.35. The van der Waals surface area contributed by atoms with E-state index in [0.29, 0.717) is 13.1 Å². The third-order valence-corrected chi connectivity index (χ3v) is 7.93. The highest BCUT2D eigenvalue weighted by Gasteiger charge is 2.34. The Bertz CT molecular complexity index is 758. The van der Waals surface area contributed by atoms with Gasteiger partial charge >= 0.3 is 0 Å². The van der Waals surface area contributed by atoms with Crippen molar-refractivity contribution < 1.29 is 18.3 Å². The highest BCUT2D eigenvalue weighted by molar-refractivity contribution is 7.89. The van der Waals surface area contributed by atoms with E-state index in [1.807, 2.05) is 0 Å². The Morgan fingerprint density at radius 2 is 1.63 bits per heavy atom. The average molecular weight is 441 g/mol. The fourth-order valence-electron chi connectivity index (χ4n) is 4.35. The summed E-state index contributed by atoms with van der Waals surface area (Å²) >= 11 is 0. The van der Waals surface area contributed by atoms with Gasteiger partial charge in [-0.3, -0.25) is 4.79 Å². The number of aromatic hydroxyl groups is 1. The van der Waals surface area contributed by atoms with Crippen molar-refractivity contribution in [3.05, 3.63) is 24.3 Å². The van der Waals surface area contributed by atoms with E-state index in [9.17, 15) is 18.3 Å². The summed E-state index contributed by atoms with van der Waals surface area (Å²) in [6, 6.07) is 5.56. The molecule has 1 aliphatic carbocycles. The first-order valence-corrected chi connectivity index (χ1v) is 12.0. The topological polar surface area (TPSA) is 86.7 Å². The zero-order chi connectivity index (χ0) is 20.0. The molecule has 1 aromatic carbocycles. The lowest BCUT2D eigenvalue weighted by atomic mass is 9.90. The molecule has 30 heavy (non-hydrogen) atoms. The van der Waals surface area contributed by atoms with Gasteiger partial charge in [0.1, 0.15) is 5.75 Å². The zero-order valence-corrected chi connectivity index (χ0v) is 17.3. The molecule has 6 nitrogen and oxygen atoms in total. The van der Waals surface area contributed by atoms with Crippen molar-refractivity contribution in [1.82, 2.24) is 9.62 Å². The van der Waals surface area contributed by atoms with Crippen LogP contribution >= 0.6 is 0 Å². The molecule has 1 unspecified atom stereocenters. The van der Waals surface area contributed by atoms with Crippen molar-refractivity contribution in [3.63, 3.8) is 0 Å². The summed E-state index contributed by atoms with van der Waals surface area (Å²) < 4.78 is 27.7. The Kier molecular flexibility index (Phi) is 10.8. The Hall–Kier alpha value is -1.60. The first-order valence-electron chi connectivity index (χ1n) is 10.6. The minimum Gasteiger partial charge on any atom is -0.508 e. The van der Waals surface area contributed by atoms with Crippen LogP contribution in [0.5, 0.6) is 5.75 Å². The van der Waals surface area contributed by atoms with Crippen molar-refractivity contribution >= 4 is 15.9 Å². The fraction of sp³-hybridized carbons (Fsp3) is 0.696. The lowest BCUT2D eigenvalue weighted by molar-refractivity contribution is -0.125. The van der Waals surface area contributed by atoms with Crippen molar-refractivity contribution in [2.45, 2.75) is 90.0 Å². The lowest BCUT2D eigenvalue weighted by Crippen LogP contribution is -2.50. The van der Waals surface area contributed by atoms with E-state index in [0.717, 1.165) is 44.9 Å². The van der Waals surface area contributed by atoms with Gasteiger partial charge in [0, 0.05) is 25.0 Å². The van der Waals surface area contributed by atoms with E-state index < -0.39 is 10.0 Å². The molecule has 1 aromatic rings. The third kappa shape index (κ3) is 6.71. The largest absolute Gasteiger partial charge is 0.508 e. The molecular weight excluding hydrogens is 400 g/mol. The normalized spacial score (nSPS) is 21.4. The van der Waals surface area contributed by atoms with Crippen LogP contribution in [0.15, 0.2) is 29.2 Å². The predicted octanol–water partition coefficient (Wildman–Crippen LogP) is 4.68. The molecule has 0 spiro atoms. The molecule has 1 amide bonds. The van der Waals surface area contributed by atoms with Crippen molar-refractivity contribution in [2.24, 2.45) is 5.92 Å². The molecule has 2 aliphatic rings. The number of sulfonamides is 1.